The number of rotatable bonds is 2. The number of thiophene rings is 2. The highest BCUT2D eigenvalue weighted by atomic mass is 32.1. The predicted octanol–water partition coefficient (Wildman–Crippen LogP) is 1.48. The van der Waals surface area contributed by atoms with Gasteiger partial charge >= 0.3 is 0 Å². The van der Waals surface area contributed by atoms with E-state index in [0.717, 1.165) is 9.40 Å². The second-order valence-corrected chi connectivity index (χ2v) is 4.67. The van der Waals surface area contributed by atoms with Crippen LogP contribution in [0.4, 0.5) is 0 Å². The number of fused-ring (bicyclic) bond motifs is 1. The van der Waals surface area contributed by atoms with Crippen molar-refractivity contribution in [1.29, 1.82) is 0 Å². The van der Waals surface area contributed by atoms with Gasteiger partial charge in [0, 0.05) is 14.3 Å². The standard InChI is InChI=1S/C8H7NO2S2/c9-8(11)7(10)6-3-5-4(13-6)1-2-12-5/h1-3,7,10H,(H2,9,11). The number of primary amides is 1. The summed E-state index contributed by atoms with van der Waals surface area (Å²) < 4.78 is 2.17. The number of hydrogen-bond donors (Lipinski definition) is 2. The number of amides is 1. The summed E-state index contributed by atoms with van der Waals surface area (Å²) in [5, 5.41) is 11.3. The largest absolute Gasteiger partial charge is 0.378 e. The van der Waals surface area contributed by atoms with Crippen molar-refractivity contribution in [3.8, 4) is 0 Å². The number of aliphatic hydroxyl groups is 1. The molecule has 1 amide bonds. The van der Waals surface area contributed by atoms with E-state index in [1.807, 2.05) is 11.4 Å². The number of carbonyl (C=O) groups is 1. The summed E-state index contributed by atoms with van der Waals surface area (Å²) in [7, 11) is 0. The summed E-state index contributed by atoms with van der Waals surface area (Å²) in [6.45, 7) is 0. The van der Waals surface area contributed by atoms with Crippen molar-refractivity contribution in [2.75, 3.05) is 0 Å². The first-order valence-electron chi connectivity index (χ1n) is 3.63. The van der Waals surface area contributed by atoms with E-state index in [-0.39, 0.29) is 0 Å². The molecule has 0 saturated heterocycles. The monoisotopic (exact) mass is 213 g/mol. The summed E-state index contributed by atoms with van der Waals surface area (Å²) >= 11 is 2.98. The van der Waals surface area contributed by atoms with Crippen LogP contribution in [-0.2, 0) is 4.79 Å². The van der Waals surface area contributed by atoms with E-state index in [4.69, 9.17) is 5.73 Å². The first kappa shape index (κ1) is 8.68. The normalized spacial score (nSPS) is 13.3. The first-order valence-corrected chi connectivity index (χ1v) is 5.32. The van der Waals surface area contributed by atoms with Gasteiger partial charge in [0.1, 0.15) is 0 Å². The molecule has 0 aromatic carbocycles. The quantitative estimate of drug-likeness (QED) is 0.793. The van der Waals surface area contributed by atoms with Crippen molar-refractivity contribution in [2.45, 2.75) is 6.10 Å². The molecule has 0 aliphatic heterocycles. The molecule has 3 N–H and O–H groups in total. The molecule has 0 saturated carbocycles. The highest BCUT2D eigenvalue weighted by molar-refractivity contribution is 7.27. The van der Waals surface area contributed by atoms with Gasteiger partial charge in [-0.2, -0.15) is 0 Å². The maximum atomic E-state index is 10.7. The van der Waals surface area contributed by atoms with Crippen LogP contribution in [-0.4, -0.2) is 11.0 Å². The molecule has 2 rings (SSSR count). The molecule has 68 valence electrons. The Morgan fingerprint density at radius 2 is 2.31 bits per heavy atom. The van der Waals surface area contributed by atoms with Crippen LogP contribution in [0.2, 0.25) is 0 Å². The van der Waals surface area contributed by atoms with Gasteiger partial charge in [-0.15, -0.1) is 22.7 Å². The molecule has 0 bridgehead atoms. The first-order chi connectivity index (χ1) is 6.18. The highest BCUT2D eigenvalue weighted by Gasteiger charge is 2.16. The zero-order valence-corrected chi connectivity index (χ0v) is 8.19. The molecule has 3 nitrogen and oxygen atoms in total. The van der Waals surface area contributed by atoms with Gasteiger partial charge in [0.05, 0.1) is 0 Å². The van der Waals surface area contributed by atoms with Gasteiger partial charge < -0.3 is 10.8 Å². The van der Waals surface area contributed by atoms with Gasteiger partial charge in [0.25, 0.3) is 5.91 Å². The van der Waals surface area contributed by atoms with E-state index in [2.05, 4.69) is 0 Å². The summed E-state index contributed by atoms with van der Waals surface area (Å²) in [4.78, 5) is 11.3. The third kappa shape index (κ3) is 1.46. The van der Waals surface area contributed by atoms with Crippen LogP contribution in [0.3, 0.4) is 0 Å². The number of aliphatic hydroxyl groups excluding tert-OH is 1. The minimum atomic E-state index is -1.16. The van der Waals surface area contributed by atoms with Gasteiger partial charge in [0.2, 0.25) is 0 Å². The van der Waals surface area contributed by atoms with Crippen LogP contribution in [0.25, 0.3) is 9.40 Å². The minimum absolute atomic E-state index is 0.620. The van der Waals surface area contributed by atoms with E-state index in [9.17, 15) is 9.90 Å². The van der Waals surface area contributed by atoms with Crippen molar-refractivity contribution in [1.82, 2.24) is 0 Å². The SMILES string of the molecule is NC(=O)C(O)c1cc2sccc2s1. The molecule has 0 aliphatic rings. The smallest absolute Gasteiger partial charge is 0.251 e. The van der Waals surface area contributed by atoms with E-state index in [0.29, 0.717) is 4.88 Å². The van der Waals surface area contributed by atoms with Crippen LogP contribution in [0.1, 0.15) is 11.0 Å². The zero-order chi connectivity index (χ0) is 9.42. The molecule has 0 spiro atoms. The van der Waals surface area contributed by atoms with Crippen molar-refractivity contribution in [3.05, 3.63) is 22.4 Å². The summed E-state index contributed by atoms with van der Waals surface area (Å²) in [5.74, 6) is -0.700. The molecule has 5 heteroatoms. The van der Waals surface area contributed by atoms with Crippen molar-refractivity contribution in [2.24, 2.45) is 5.73 Å². The van der Waals surface area contributed by atoms with Crippen LogP contribution in [0, 0.1) is 0 Å². The lowest BCUT2D eigenvalue weighted by molar-refractivity contribution is -0.126. The maximum absolute atomic E-state index is 10.7. The van der Waals surface area contributed by atoms with E-state index < -0.39 is 12.0 Å². The second-order valence-electron chi connectivity index (χ2n) is 2.60. The lowest BCUT2D eigenvalue weighted by atomic mass is 10.3. The average molecular weight is 213 g/mol. The lowest BCUT2D eigenvalue weighted by Crippen LogP contribution is -2.19. The van der Waals surface area contributed by atoms with E-state index in [1.54, 1.807) is 17.4 Å². The Kier molecular flexibility index (Phi) is 2.07. The Hall–Kier alpha value is -0.910. The van der Waals surface area contributed by atoms with Gasteiger partial charge in [-0.3, -0.25) is 4.79 Å². The topological polar surface area (TPSA) is 63.3 Å². The van der Waals surface area contributed by atoms with Crippen LogP contribution in [0.5, 0.6) is 0 Å². The number of nitrogens with two attached hydrogens (primary N) is 1. The van der Waals surface area contributed by atoms with Gasteiger partial charge in [-0.1, -0.05) is 0 Å². The maximum Gasteiger partial charge on any atom is 0.251 e. The molecule has 0 radical (unpaired) electrons. The fourth-order valence-electron chi connectivity index (χ4n) is 1.06. The predicted molar refractivity (Wildman–Crippen MR) is 53.9 cm³/mol. The molecule has 13 heavy (non-hydrogen) atoms. The Bertz CT molecular complexity index is 417. The van der Waals surface area contributed by atoms with Crippen molar-refractivity contribution in [3.63, 3.8) is 0 Å². The Morgan fingerprint density at radius 3 is 2.92 bits per heavy atom. The van der Waals surface area contributed by atoms with Crippen LogP contribution >= 0.6 is 22.7 Å². The van der Waals surface area contributed by atoms with Crippen molar-refractivity contribution >= 4 is 38.0 Å². The Morgan fingerprint density at radius 1 is 1.54 bits per heavy atom. The molecule has 2 aromatic rings. The Labute approximate surface area is 82.4 Å². The van der Waals surface area contributed by atoms with Gasteiger partial charge in [0.15, 0.2) is 6.10 Å². The van der Waals surface area contributed by atoms with Gasteiger partial charge in [-0.05, 0) is 17.5 Å². The van der Waals surface area contributed by atoms with Crippen LogP contribution < -0.4 is 5.73 Å². The fraction of sp³-hybridized carbons (Fsp3) is 0.125. The third-order valence-corrected chi connectivity index (χ3v) is 3.84. The minimum Gasteiger partial charge on any atom is -0.378 e. The molecular weight excluding hydrogens is 206 g/mol. The number of hydrogen-bond acceptors (Lipinski definition) is 4. The fourth-order valence-corrected chi connectivity index (χ4v) is 3.17. The summed E-state index contributed by atoms with van der Waals surface area (Å²) in [5.41, 5.74) is 4.98. The zero-order valence-electron chi connectivity index (χ0n) is 6.56. The molecule has 0 aliphatic carbocycles. The lowest BCUT2D eigenvalue weighted by Gasteiger charge is -2.00. The second kappa shape index (κ2) is 3.10. The summed E-state index contributed by atoms with van der Waals surface area (Å²) in [6, 6.07) is 3.77. The molecule has 1 atom stereocenters. The molecule has 2 aromatic heterocycles. The summed E-state index contributed by atoms with van der Waals surface area (Å²) in [6.07, 6.45) is -1.16. The third-order valence-electron chi connectivity index (χ3n) is 1.70. The molecule has 2 heterocycles. The van der Waals surface area contributed by atoms with E-state index in [1.165, 1.54) is 11.3 Å². The highest BCUT2D eigenvalue weighted by Crippen LogP contribution is 2.33. The van der Waals surface area contributed by atoms with Crippen molar-refractivity contribution < 1.29 is 9.90 Å². The molecule has 0 fully saturated rings. The molecule has 1 unspecified atom stereocenters. The molecular formula is C8H7NO2S2. The Balaban J connectivity index is 2.44. The average Bonchev–Trinajstić information content (AvgIpc) is 2.59. The number of carbonyl (C=O) groups excluding carboxylic acids is 1. The van der Waals surface area contributed by atoms with Gasteiger partial charge in [-0.25, -0.2) is 0 Å². The van der Waals surface area contributed by atoms with E-state index >= 15 is 0 Å². The van der Waals surface area contributed by atoms with Crippen LogP contribution in [0.15, 0.2) is 17.5 Å².